The Bertz CT molecular complexity index is 277. The van der Waals surface area contributed by atoms with Gasteiger partial charge in [-0.25, -0.2) is 4.99 Å². The molecular formula is C9H12N2O. The molecule has 12 heavy (non-hydrogen) atoms. The van der Waals surface area contributed by atoms with Crippen LogP contribution in [-0.4, -0.2) is 22.2 Å². The number of nitrogens with zero attached hydrogens (tertiary/aromatic N) is 2. The molecule has 1 amide bonds. The number of amides is 1. The summed E-state index contributed by atoms with van der Waals surface area (Å²) >= 11 is 0. The summed E-state index contributed by atoms with van der Waals surface area (Å²) in [4.78, 5) is 16.7. The van der Waals surface area contributed by atoms with Crippen LogP contribution in [0.2, 0.25) is 0 Å². The van der Waals surface area contributed by atoms with E-state index in [1.165, 1.54) is 12.3 Å². The molecule has 64 valence electrons. The fourth-order valence-corrected chi connectivity index (χ4v) is 0.903. The Morgan fingerprint density at radius 2 is 2.17 bits per heavy atom. The third kappa shape index (κ3) is 1.83. The van der Waals surface area contributed by atoms with Gasteiger partial charge in [-0.1, -0.05) is 0 Å². The van der Waals surface area contributed by atoms with E-state index in [0.717, 1.165) is 0 Å². The van der Waals surface area contributed by atoms with Crippen LogP contribution in [0.15, 0.2) is 23.5 Å². The second kappa shape index (κ2) is 2.95. The summed E-state index contributed by atoms with van der Waals surface area (Å²) in [6.07, 6.45) is 4.45. The third-order valence-electron chi connectivity index (χ3n) is 1.51. The zero-order valence-electron chi connectivity index (χ0n) is 7.53. The van der Waals surface area contributed by atoms with Gasteiger partial charge >= 0.3 is 0 Å². The fraction of sp³-hybridized carbons (Fsp3) is 0.444. The molecule has 1 heterocycles. The van der Waals surface area contributed by atoms with E-state index in [1.54, 1.807) is 11.1 Å². The number of hydrogen-bond acceptors (Lipinski definition) is 2. The highest BCUT2D eigenvalue weighted by atomic mass is 16.2. The molecule has 0 saturated heterocycles. The van der Waals surface area contributed by atoms with Crippen molar-refractivity contribution in [1.29, 1.82) is 0 Å². The normalized spacial score (nSPS) is 16.9. The van der Waals surface area contributed by atoms with Crippen LogP contribution in [0, 0.1) is 0 Å². The van der Waals surface area contributed by atoms with Crippen molar-refractivity contribution in [1.82, 2.24) is 4.90 Å². The maximum atomic E-state index is 11.4. The lowest BCUT2D eigenvalue weighted by Gasteiger charge is -2.30. The maximum absolute atomic E-state index is 11.4. The number of carbonyl (C=O) groups is 1. The lowest BCUT2D eigenvalue weighted by molar-refractivity contribution is -0.127. The second-order valence-corrected chi connectivity index (χ2v) is 3.58. The molecule has 0 bridgehead atoms. The van der Waals surface area contributed by atoms with E-state index in [1.807, 2.05) is 20.8 Å². The molecule has 0 unspecified atom stereocenters. The molecule has 0 aromatic heterocycles. The largest absolute Gasteiger partial charge is 0.302 e. The highest BCUT2D eigenvalue weighted by Gasteiger charge is 2.23. The predicted octanol–water partition coefficient (Wildman–Crippen LogP) is 1.32. The summed E-state index contributed by atoms with van der Waals surface area (Å²) in [5, 5.41) is 0. The third-order valence-corrected chi connectivity index (χ3v) is 1.51. The Labute approximate surface area is 72.1 Å². The topological polar surface area (TPSA) is 32.7 Å². The standard InChI is InChI=1S/C9H12N2O/c1-9(2,3)11-7-6-10-5-4-8(11)12/h4-5,7H,1-3H3. The molecule has 0 radical (unpaired) electrons. The lowest BCUT2D eigenvalue weighted by Crippen LogP contribution is -2.40. The van der Waals surface area contributed by atoms with Crippen LogP contribution in [0.3, 0.4) is 0 Å². The summed E-state index contributed by atoms with van der Waals surface area (Å²) in [6, 6.07) is 0. The average molecular weight is 164 g/mol. The van der Waals surface area contributed by atoms with Gasteiger partial charge in [0.05, 0.1) is 6.20 Å². The molecule has 1 aliphatic rings. The van der Waals surface area contributed by atoms with Crippen molar-refractivity contribution in [2.75, 3.05) is 0 Å². The minimum atomic E-state index is -0.214. The maximum Gasteiger partial charge on any atom is 0.253 e. The monoisotopic (exact) mass is 164 g/mol. The van der Waals surface area contributed by atoms with E-state index in [4.69, 9.17) is 0 Å². The van der Waals surface area contributed by atoms with Gasteiger partial charge < -0.3 is 4.90 Å². The number of hydrogen-bond donors (Lipinski definition) is 0. The minimum Gasteiger partial charge on any atom is -0.302 e. The van der Waals surface area contributed by atoms with E-state index in [9.17, 15) is 4.79 Å². The van der Waals surface area contributed by atoms with Crippen molar-refractivity contribution in [2.45, 2.75) is 26.3 Å². The van der Waals surface area contributed by atoms with Crippen molar-refractivity contribution in [3.05, 3.63) is 18.5 Å². The zero-order chi connectivity index (χ0) is 9.19. The van der Waals surface area contributed by atoms with Gasteiger partial charge in [0.25, 0.3) is 5.91 Å². The second-order valence-electron chi connectivity index (χ2n) is 3.58. The van der Waals surface area contributed by atoms with Crippen molar-refractivity contribution in [3.8, 4) is 0 Å². The lowest BCUT2D eigenvalue weighted by atomic mass is 10.1. The van der Waals surface area contributed by atoms with Crippen LogP contribution >= 0.6 is 0 Å². The van der Waals surface area contributed by atoms with Gasteiger partial charge in [-0.15, -0.1) is 0 Å². The first kappa shape index (κ1) is 8.75. The SMILES string of the molecule is CC(C)(C)N1C=C=NC=CC1=O. The molecular weight excluding hydrogens is 152 g/mol. The van der Waals surface area contributed by atoms with Crippen molar-refractivity contribution < 1.29 is 4.79 Å². The summed E-state index contributed by atoms with van der Waals surface area (Å²) in [7, 11) is 0. The van der Waals surface area contributed by atoms with Crippen LogP contribution in [0.25, 0.3) is 0 Å². The minimum absolute atomic E-state index is 0.0590. The highest BCUT2D eigenvalue weighted by Crippen LogP contribution is 2.14. The molecule has 0 aliphatic carbocycles. The van der Waals surface area contributed by atoms with E-state index >= 15 is 0 Å². The van der Waals surface area contributed by atoms with Crippen molar-refractivity contribution in [3.63, 3.8) is 0 Å². The molecule has 0 aromatic carbocycles. The smallest absolute Gasteiger partial charge is 0.253 e. The molecule has 0 fully saturated rings. The first-order valence-electron chi connectivity index (χ1n) is 3.80. The number of carbonyl (C=O) groups excluding carboxylic acids is 1. The highest BCUT2D eigenvalue weighted by molar-refractivity contribution is 5.90. The van der Waals surface area contributed by atoms with Crippen LogP contribution in [0.4, 0.5) is 0 Å². The Balaban J connectivity index is 2.98. The van der Waals surface area contributed by atoms with Crippen LogP contribution in [0.5, 0.6) is 0 Å². The molecule has 3 nitrogen and oxygen atoms in total. The molecule has 0 aromatic rings. The van der Waals surface area contributed by atoms with Crippen molar-refractivity contribution in [2.24, 2.45) is 4.99 Å². The zero-order valence-corrected chi connectivity index (χ0v) is 7.53. The van der Waals surface area contributed by atoms with Gasteiger partial charge in [0.1, 0.15) is 0 Å². The Kier molecular flexibility index (Phi) is 2.15. The van der Waals surface area contributed by atoms with Gasteiger partial charge in [0, 0.05) is 23.7 Å². The summed E-state index contributed by atoms with van der Waals surface area (Å²) < 4.78 is 0. The van der Waals surface area contributed by atoms with Gasteiger partial charge in [-0.3, -0.25) is 4.79 Å². The fourth-order valence-electron chi connectivity index (χ4n) is 0.903. The molecule has 1 rings (SSSR count). The Hall–Kier alpha value is -1.34. The predicted molar refractivity (Wildman–Crippen MR) is 47.7 cm³/mol. The Morgan fingerprint density at radius 3 is 2.75 bits per heavy atom. The summed E-state index contributed by atoms with van der Waals surface area (Å²) in [5.74, 6) is 2.59. The molecule has 0 spiro atoms. The molecule has 0 N–H and O–H groups in total. The van der Waals surface area contributed by atoms with Crippen LogP contribution in [-0.2, 0) is 4.79 Å². The van der Waals surface area contributed by atoms with Gasteiger partial charge in [-0.2, -0.15) is 0 Å². The van der Waals surface area contributed by atoms with E-state index in [2.05, 4.69) is 10.9 Å². The van der Waals surface area contributed by atoms with Crippen LogP contribution < -0.4 is 0 Å². The van der Waals surface area contributed by atoms with Gasteiger partial charge in [-0.05, 0) is 20.8 Å². The van der Waals surface area contributed by atoms with Crippen molar-refractivity contribution >= 4 is 11.8 Å². The summed E-state index contributed by atoms with van der Waals surface area (Å²) in [5.41, 5.74) is -0.214. The number of rotatable bonds is 0. The number of aliphatic imine (C=N–C) groups is 1. The summed E-state index contributed by atoms with van der Waals surface area (Å²) in [6.45, 7) is 5.88. The average Bonchev–Trinajstić information content (AvgIpc) is 2.11. The van der Waals surface area contributed by atoms with Gasteiger partial charge in [0.15, 0.2) is 0 Å². The van der Waals surface area contributed by atoms with Gasteiger partial charge in [0.2, 0.25) is 0 Å². The first-order valence-corrected chi connectivity index (χ1v) is 3.80. The molecule has 3 heteroatoms. The molecule has 0 atom stereocenters. The van der Waals surface area contributed by atoms with E-state index in [0.29, 0.717) is 0 Å². The Morgan fingerprint density at radius 1 is 1.50 bits per heavy atom. The first-order chi connectivity index (χ1) is 5.52. The van der Waals surface area contributed by atoms with E-state index in [-0.39, 0.29) is 11.4 Å². The quantitative estimate of drug-likeness (QED) is 0.531. The van der Waals surface area contributed by atoms with E-state index < -0.39 is 0 Å². The molecule has 0 saturated carbocycles. The van der Waals surface area contributed by atoms with Crippen LogP contribution in [0.1, 0.15) is 20.8 Å². The molecule has 1 aliphatic heterocycles.